The maximum atomic E-state index is 14.4. The van der Waals surface area contributed by atoms with E-state index in [-0.39, 0.29) is 28.9 Å². The molecule has 11 heteroatoms. The van der Waals surface area contributed by atoms with E-state index < -0.39 is 11.5 Å². The van der Waals surface area contributed by atoms with Crippen molar-refractivity contribution in [1.29, 1.82) is 5.26 Å². The third-order valence-electron chi connectivity index (χ3n) is 4.74. The van der Waals surface area contributed by atoms with Crippen LogP contribution < -0.4 is 21.7 Å². The summed E-state index contributed by atoms with van der Waals surface area (Å²) in [5.74, 6) is -0.560. The normalized spacial score (nSPS) is 14.8. The molecule has 3 heterocycles. The fraction of sp³-hybridized carbons (Fsp3) is 0.150. The van der Waals surface area contributed by atoms with Crippen molar-refractivity contribution in [1.82, 2.24) is 24.6 Å². The van der Waals surface area contributed by atoms with E-state index in [0.717, 1.165) is 18.9 Å². The highest BCUT2D eigenvalue weighted by atomic mass is 19.1. The van der Waals surface area contributed by atoms with Gasteiger partial charge < -0.3 is 15.4 Å². The molecule has 5 rings (SSSR count). The zero-order chi connectivity index (χ0) is 21.5. The largest absolute Gasteiger partial charge is 0.493 e. The number of rotatable bonds is 4. The number of hydrogen-bond acceptors (Lipinski definition) is 7. The number of aromatic amines is 2. The molecule has 3 aromatic heterocycles. The molecule has 0 aliphatic heterocycles. The molecule has 1 aliphatic carbocycles. The second kappa shape index (κ2) is 7.10. The van der Waals surface area contributed by atoms with Crippen LogP contribution in [-0.2, 0) is 0 Å². The number of fused-ring (bicyclic) bond motifs is 1. The van der Waals surface area contributed by atoms with Gasteiger partial charge in [-0.25, -0.2) is 14.2 Å². The van der Waals surface area contributed by atoms with Gasteiger partial charge in [-0.3, -0.25) is 9.98 Å². The van der Waals surface area contributed by atoms with Crippen molar-refractivity contribution in [3.05, 3.63) is 68.7 Å². The molecule has 1 aliphatic rings. The standard InChI is InChI=1S/C20H15FN8O2/c21-13-5-10(8-22)1-4-14(13)25-16-7-17(24-12-2-3-12)29-18(27-16)11(9-23-29)6-15-19(30)28-20(31)26-15/h1,4-7,9,12,25,30H,2-3H2,(H2,26,28,31). The zero-order valence-corrected chi connectivity index (χ0v) is 15.9. The molecule has 0 atom stereocenters. The Morgan fingerprint density at radius 1 is 1.35 bits per heavy atom. The fourth-order valence-electron chi connectivity index (χ4n) is 3.08. The van der Waals surface area contributed by atoms with Crippen LogP contribution in [0.4, 0.5) is 15.9 Å². The Morgan fingerprint density at radius 3 is 2.87 bits per heavy atom. The van der Waals surface area contributed by atoms with E-state index in [4.69, 9.17) is 5.26 Å². The lowest BCUT2D eigenvalue weighted by molar-refractivity contribution is 0.454. The lowest BCUT2D eigenvalue weighted by Crippen LogP contribution is -2.20. The lowest BCUT2D eigenvalue weighted by Gasteiger charge is -2.08. The van der Waals surface area contributed by atoms with Gasteiger partial charge in [0, 0.05) is 11.3 Å². The average Bonchev–Trinajstić information content (AvgIpc) is 3.38. The van der Waals surface area contributed by atoms with E-state index >= 15 is 0 Å². The van der Waals surface area contributed by atoms with E-state index in [1.807, 2.05) is 6.07 Å². The van der Waals surface area contributed by atoms with Crippen LogP contribution in [-0.4, -0.2) is 35.7 Å². The first-order valence-electron chi connectivity index (χ1n) is 9.42. The van der Waals surface area contributed by atoms with Crippen LogP contribution >= 0.6 is 0 Å². The van der Waals surface area contributed by atoms with E-state index in [2.05, 4.69) is 30.4 Å². The molecular formula is C20H15FN8O2. The van der Waals surface area contributed by atoms with E-state index in [9.17, 15) is 14.3 Å². The molecular weight excluding hydrogens is 403 g/mol. The molecule has 1 fully saturated rings. The first-order valence-corrected chi connectivity index (χ1v) is 9.42. The van der Waals surface area contributed by atoms with Gasteiger partial charge in [0.25, 0.3) is 0 Å². The van der Waals surface area contributed by atoms with Crippen LogP contribution in [0.1, 0.15) is 24.1 Å². The number of aromatic nitrogens is 5. The Hall–Kier alpha value is -4.46. The van der Waals surface area contributed by atoms with Crippen LogP contribution in [0.5, 0.6) is 5.88 Å². The van der Waals surface area contributed by atoms with Gasteiger partial charge in [-0.1, -0.05) is 0 Å². The van der Waals surface area contributed by atoms with Gasteiger partial charge in [0.15, 0.2) is 11.1 Å². The summed E-state index contributed by atoms with van der Waals surface area (Å²) in [5.41, 5.74) is 0.945. The van der Waals surface area contributed by atoms with E-state index in [1.54, 1.807) is 10.6 Å². The Balaban J connectivity index is 1.66. The first-order chi connectivity index (χ1) is 15.0. The minimum Gasteiger partial charge on any atom is -0.493 e. The van der Waals surface area contributed by atoms with Gasteiger partial charge in [0.1, 0.15) is 17.3 Å². The quantitative estimate of drug-likeness (QED) is 0.386. The third kappa shape index (κ3) is 3.62. The minimum absolute atomic E-state index is 0.158. The predicted molar refractivity (Wildman–Crippen MR) is 108 cm³/mol. The number of aromatic hydroxyl groups is 1. The molecule has 4 aromatic rings. The Morgan fingerprint density at radius 2 is 2.19 bits per heavy atom. The Labute approximate surface area is 173 Å². The second-order valence-corrected chi connectivity index (χ2v) is 7.11. The zero-order valence-electron chi connectivity index (χ0n) is 15.9. The van der Waals surface area contributed by atoms with Gasteiger partial charge in [0.05, 0.1) is 29.6 Å². The number of nitriles is 1. The fourth-order valence-corrected chi connectivity index (χ4v) is 3.08. The van der Waals surface area contributed by atoms with Crippen LogP contribution in [0.25, 0.3) is 11.7 Å². The molecule has 0 amide bonds. The summed E-state index contributed by atoms with van der Waals surface area (Å²) in [6.45, 7) is 0. The molecule has 10 nitrogen and oxygen atoms in total. The van der Waals surface area contributed by atoms with Crippen LogP contribution in [0.2, 0.25) is 0 Å². The number of benzene rings is 1. The molecule has 0 unspecified atom stereocenters. The first kappa shape index (κ1) is 18.6. The van der Waals surface area contributed by atoms with Crippen molar-refractivity contribution in [2.24, 2.45) is 4.99 Å². The van der Waals surface area contributed by atoms with Crippen molar-refractivity contribution in [3.8, 4) is 11.9 Å². The highest BCUT2D eigenvalue weighted by molar-refractivity contribution is 5.62. The van der Waals surface area contributed by atoms with Crippen LogP contribution in [0.3, 0.4) is 0 Å². The van der Waals surface area contributed by atoms with Gasteiger partial charge in [0.2, 0.25) is 5.88 Å². The van der Waals surface area contributed by atoms with Crippen molar-refractivity contribution < 1.29 is 9.50 Å². The van der Waals surface area contributed by atoms with Crippen molar-refractivity contribution in [2.75, 3.05) is 5.32 Å². The maximum Gasteiger partial charge on any atom is 0.326 e. The number of hydrogen-bond donors (Lipinski definition) is 4. The third-order valence-corrected chi connectivity index (χ3v) is 4.74. The van der Waals surface area contributed by atoms with Crippen molar-refractivity contribution in [3.63, 3.8) is 0 Å². The number of anilines is 2. The molecule has 0 saturated heterocycles. The summed E-state index contributed by atoms with van der Waals surface area (Å²) in [4.78, 5) is 25.3. The van der Waals surface area contributed by atoms with E-state index in [1.165, 1.54) is 24.4 Å². The molecule has 0 spiro atoms. The average molecular weight is 418 g/mol. The molecule has 4 N–H and O–H groups in total. The molecule has 154 valence electrons. The summed E-state index contributed by atoms with van der Waals surface area (Å²) in [6, 6.07) is 7.86. The molecule has 0 bridgehead atoms. The SMILES string of the molecule is N#Cc1ccc(Nc2cc(=NC3CC3)n3ncc(=Cc4[nH]c(=O)[nH]c4O)c3n2)c(F)c1. The molecule has 1 saturated carbocycles. The van der Waals surface area contributed by atoms with E-state index in [0.29, 0.717) is 22.2 Å². The maximum absolute atomic E-state index is 14.4. The number of halogens is 1. The molecule has 0 radical (unpaired) electrons. The summed E-state index contributed by atoms with van der Waals surface area (Å²) >= 11 is 0. The Bertz CT molecular complexity index is 1540. The lowest BCUT2D eigenvalue weighted by atomic mass is 10.2. The number of nitrogens with one attached hydrogen (secondary N) is 3. The second-order valence-electron chi connectivity index (χ2n) is 7.11. The monoisotopic (exact) mass is 418 g/mol. The highest BCUT2D eigenvalue weighted by Gasteiger charge is 2.20. The molecule has 1 aromatic carbocycles. The van der Waals surface area contributed by atoms with Crippen LogP contribution in [0.15, 0.2) is 40.2 Å². The van der Waals surface area contributed by atoms with Gasteiger partial charge in [-0.2, -0.15) is 14.9 Å². The van der Waals surface area contributed by atoms with Gasteiger partial charge >= 0.3 is 5.69 Å². The van der Waals surface area contributed by atoms with Crippen molar-refractivity contribution >= 4 is 23.2 Å². The van der Waals surface area contributed by atoms with Crippen molar-refractivity contribution in [2.45, 2.75) is 18.9 Å². The number of imidazole rings is 1. The topological polar surface area (TPSA) is 147 Å². The van der Waals surface area contributed by atoms with Crippen LogP contribution in [0, 0.1) is 17.1 Å². The minimum atomic E-state index is -0.587. The number of nitrogens with zero attached hydrogens (tertiary/aromatic N) is 5. The highest BCUT2D eigenvalue weighted by Crippen LogP contribution is 2.23. The smallest absolute Gasteiger partial charge is 0.326 e. The Kier molecular flexibility index (Phi) is 4.25. The van der Waals surface area contributed by atoms with Gasteiger partial charge in [-0.15, -0.1) is 0 Å². The summed E-state index contributed by atoms with van der Waals surface area (Å²) < 4.78 is 15.9. The number of H-pyrrole nitrogens is 2. The molecule has 31 heavy (non-hydrogen) atoms. The van der Waals surface area contributed by atoms with Gasteiger partial charge in [-0.05, 0) is 37.1 Å². The summed E-state index contributed by atoms with van der Waals surface area (Å²) in [5, 5.41) is 26.5. The summed E-state index contributed by atoms with van der Waals surface area (Å²) in [7, 11) is 0. The predicted octanol–water partition coefficient (Wildman–Crippen LogP) is 0.816. The summed E-state index contributed by atoms with van der Waals surface area (Å²) in [6.07, 6.45) is 5.02.